The maximum absolute atomic E-state index is 11.5. The van der Waals surface area contributed by atoms with Crippen LogP contribution in [0.25, 0.3) is 0 Å². The lowest BCUT2D eigenvalue weighted by Crippen LogP contribution is -2.67. The third-order valence-electron chi connectivity index (χ3n) is 4.52. The summed E-state index contributed by atoms with van der Waals surface area (Å²) in [7, 11) is 0. The molecule has 0 aromatic carbocycles. The average molecular weight is 421 g/mol. The number of amides is 2. The standard InChI is InChI=1S/C16H27N3O10/c1-5(22)18-9-13(26)14(8(4-21)27-15(9)17)29-16-10(19-6(2)23)12(25)11(24)7(3-20)28-16/h7-9,11-15,20-21,24-26H,3-4,17H2,1-2H3,(H,18,22)(H,19,23)/t7-,8-,9-,11-,12-,13-,14-,15-/m1/s1. The maximum Gasteiger partial charge on any atom is 0.303 e. The highest BCUT2D eigenvalue weighted by Gasteiger charge is 2.48. The molecule has 29 heavy (non-hydrogen) atoms. The van der Waals surface area contributed by atoms with Crippen LogP contribution in [-0.2, 0) is 23.8 Å². The highest BCUT2D eigenvalue weighted by molar-refractivity contribution is 5.75. The van der Waals surface area contributed by atoms with Crippen molar-refractivity contribution in [3.63, 3.8) is 0 Å². The number of carbonyl (C=O) groups is 2. The Bertz CT molecular complexity index is 644. The smallest absolute Gasteiger partial charge is 0.303 e. The van der Waals surface area contributed by atoms with Gasteiger partial charge in [0.25, 0.3) is 0 Å². The lowest BCUT2D eigenvalue weighted by Gasteiger charge is -2.44. The molecule has 0 aromatic rings. The molecular weight excluding hydrogens is 394 g/mol. The summed E-state index contributed by atoms with van der Waals surface area (Å²) in [5.41, 5.74) is 5.44. The first kappa shape index (κ1) is 23.3. The first-order valence-corrected chi connectivity index (χ1v) is 8.89. The van der Waals surface area contributed by atoms with E-state index in [4.69, 9.17) is 19.9 Å². The lowest BCUT2D eigenvalue weighted by atomic mass is 9.95. The van der Waals surface area contributed by atoms with Crippen molar-refractivity contribution in [2.24, 2.45) is 5.73 Å². The highest BCUT2D eigenvalue weighted by atomic mass is 16.7. The summed E-state index contributed by atoms with van der Waals surface area (Å²) in [4.78, 5) is 22.9. The van der Waals surface area contributed by atoms with Gasteiger partial charge < -0.3 is 56.1 Å². The molecule has 166 valence electrons. The quantitative estimate of drug-likeness (QED) is 0.204. The monoisotopic (exact) mass is 421 g/mol. The Labute approximate surface area is 166 Å². The molecule has 2 aliphatic rings. The number of ether oxygens (including phenoxy) is 3. The van der Waals surface area contributed by atoms with Gasteiger partial charge in [0.1, 0.15) is 36.3 Å². The molecule has 2 aliphatic heterocycles. The van der Waals surface area contributed by atoms with E-state index in [9.17, 15) is 35.1 Å². The van der Waals surface area contributed by atoms with E-state index in [1.165, 1.54) is 6.92 Å². The van der Waals surface area contributed by atoms with Crippen LogP contribution in [0.4, 0.5) is 0 Å². The van der Waals surface area contributed by atoms with Crippen molar-refractivity contribution in [2.45, 2.75) is 62.7 Å². The van der Waals surface area contributed by atoms with Crippen LogP contribution >= 0.6 is 0 Å². The van der Waals surface area contributed by atoms with E-state index in [2.05, 4.69) is 10.6 Å². The van der Waals surface area contributed by atoms with Crippen LogP contribution in [0.3, 0.4) is 0 Å². The molecule has 0 saturated carbocycles. The normalized spacial score (nSPS) is 37.5. The molecule has 2 amide bonds. The summed E-state index contributed by atoms with van der Waals surface area (Å²) in [6, 6.07) is -1.10. The molecule has 0 unspecified atom stereocenters. The van der Waals surface area contributed by atoms with Crippen molar-refractivity contribution in [2.75, 3.05) is 13.2 Å². The van der Waals surface area contributed by atoms with E-state index < -0.39 is 79.9 Å². The van der Waals surface area contributed by atoms with Gasteiger partial charge in [0.2, 0.25) is 11.8 Å². The number of rotatable bonds is 6. The van der Waals surface area contributed by atoms with Crippen molar-refractivity contribution in [3.05, 3.63) is 11.6 Å². The largest absolute Gasteiger partial charge is 0.455 e. The van der Waals surface area contributed by atoms with Crippen molar-refractivity contribution in [1.82, 2.24) is 10.6 Å². The van der Waals surface area contributed by atoms with Crippen LogP contribution < -0.4 is 16.4 Å². The molecule has 13 nitrogen and oxygen atoms in total. The van der Waals surface area contributed by atoms with Crippen LogP contribution in [-0.4, -0.2) is 99.5 Å². The Kier molecular flexibility index (Phi) is 7.76. The molecule has 2 rings (SSSR count). The summed E-state index contributed by atoms with van der Waals surface area (Å²) >= 11 is 0. The number of hydrogen-bond acceptors (Lipinski definition) is 11. The topological polar surface area (TPSA) is 213 Å². The van der Waals surface area contributed by atoms with Crippen LogP contribution in [0.5, 0.6) is 0 Å². The van der Waals surface area contributed by atoms with Gasteiger partial charge in [-0.2, -0.15) is 0 Å². The van der Waals surface area contributed by atoms with Crippen LogP contribution in [0, 0.1) is 0 Å². The van der Waals surface area contributed by atoms with Gasteiger partial charge in [-0.05, 0) is 0 Å². The van der Waals surface area contributed by atoms with E-state index in [1.807, 2.05) is 0 Å². The van der Waals surface area contributed by atoms with E-state index >= 15 is 0 Å². The van der Waals surface area contributed by atoms with Crippen molar-refractivity contribution in [3.8, 4) is 0 Å². The fourth-order valence-corrected chi connectivity index (χ4v) is 3.12. The van der Waals surface area contributed by atoms with Gasteiger partial charge in [-0.15, -0.1) is 0 Å². The van der Waals surface area contributed by atoms with E-state index in [1.54, 1.807) is 0 Å². The number of carbonyl (C=O) groups excluding carboxylic acids is 2. The molecule has 13 heteroatoms. The van der Waals surface area contributed by atoms with Gasteiger partial charge in [-0.3, -0.25) is 9.59 Å². The average Bonchev–Trinajstić information content (AvgIpc) is 2.65. The van der Waals surface area contributed by atoms with Gasteiger partial charge in [0, 0.05) is 13.8 Å². The third kappa shape index (κ3) is 5.14. The molecule has 0 spiro atoms. The minimum Gasteiger partial charge on any atom is -0.455 e. The summed E-state index contributed by atoms with van der Waals surface area (Å²) < 4.78 is 16.3. The molecule has 0 aromatic heterocycles. The maximum atomic E-state index is 11.5. The summed E-state index contributed by atoms with van der Waals surface area (Å²) in [6.45, 7) is 1.03. The molecule has 8 atom stereocenters. The van der Waals surface area contributed by atoms with Crippen molar-refractivity contribution in [1.29, 1.82) is 0 Å². The fraction of sp³-hybridized carbons (Fsp3) is 0.750. The number of aliphatic hydroxyl groups is 5. The van der Waals surface area contributed by atoms with Gasteiger partial charge in [0.05, 0.1) is 19.3 Å². The van der Waals surface area contributed by atoms with Crippen molar-refractivity contribution < 1.29 is 49.3 Å². The number of nitrogens with two attached hydrogens (primary N) is 1. The lowest BCUT2D eigenvalue weighted by molar-refractivity contribution is -0.225. The second-order valence-electron chi connectivity index (χ2n) is 6.78. The van der Waals surface area contributed by atoms with Crippen molar-refractivity contribution >= 4 is 11.8 Å². The number of aliphatic hydroxyl groups excluding tert-OH is 5. The molecule has 1 saturated heterocycles. The molecule has 1 fully saturated rings. The van der Waals surface area contributed by atoms with Crippen LogP contribution in [0.2, 0.25) is 0 Å². The minimum absolute atomic E-state index is 0.343. The Morgan fingerprint density at radius 1 is 1.07 bits per heavy atom. The minimum atomic E-state index is -1.68. The summed E-state index contributed by atoms with van der Waals surface area (Å²) in [5, 5.41) is 54.6. The number of nitrogens with one attached hydrogen (secondary N) is 2. The highest BCUT2D eigenvalue weighted by Crippen LogP contribution is 2.29. The Morgan fingerprint density at radius 3 is 2.21 bits per heavy atom. The van der Waals surface area contributed by atoms with Gasteiger partial charge in [-0.1, -0.05) is 0 Å². The Morgan fingerprint density at radius 2 is 1.69 bits per heavy atom. The summed E-state index contributed by atoms with van der Waals surface area (Å²) in [5.74, 6) is -1.61. The second-order valence-corrected chi connectivity index (χ2v) is 6.78. The fourth-order valence-electron chi connectivity index (χ4n) is 3.12. The second kappa shape index (κ2) is 9.67. The SMILES string of the molecule is CC(=O)NC1=C(O[C@H]2[C@H](O)[C@@H](NC(C)=O)[C@H](N)O[C@@H]2CO)O[C@H](CO)[C@@H](O)[C@@H]1O. The first-order valence-electron chi connectivity index (χ1n) is 8.89. The van der Waals surface area contributed by atoms with E-state index in [-0.39, 0.29) is 5.70 Å². The zero-order chi connectivity index (χ0) is 21.9. The zero-order valence-electron chi connectivity index (χ0n) is 15.9. The Hall–Kier alpha value is -2.00. The predicted octanol–water partition coefficient (Wildman–Crippen LogP) is -4.67. The van der Waals surface area contributed by atoms with Gasteiger partial charge in [-0.25, -0.2) is 0 Å². The molecule has 9 N–H and O–H groups in total. The third-order valence-corrected chi connectivity index (χ3v) is 4.52. The van der Waals surface area contributed by atoms with Crippen LogP contribution in [0.1, 0.15) is 13.8 Å². The van der Waals surface area contributed by atoms with E-state index in [0.29, 0.717) is 0 Å². The van der Waals surface area contributed by atoms with E-state index in [0.717, 1.165) is 6.92 Å². The van der Waals surface area contributed by atoms with Gasteiger partial charge >= 0.3 is 5.95 Å². The summed E-state index contributed by atoms with van der Waals surface area (Å²) in [6.07, 6.45) is -9.68. The zero-order valence-corrected chi connectivity index (χ0v) is 15.9. The van der Waals surface area contributed by atoms with Gasteiger partial charge in [0.15, 0.2) is 12.2 Å². The Balaban J connectivity index is 2.37. The molecular formula is C16H27N3O10. The molecule has 2 heterocycles. The molecule has 0 radical (unpaired) electrons. The molecule has 0 aliphatic carbocycles. The number of hydrogen-bond donors (Lipinski definition) is 8. The molecule has 0 bridgehead atoms. The first-order chi connectivity index (χ1) is 13.6. The predicted molar refractivity (Wildman–Crippen MR) is 93.2 cm³/mol. The van der Waals surface area contributed by atoms with Crippen LogP contribution in [0.15, 0.2) is 11.6 Å².